The largest absolute Gasteiger partial charge is 0.497 e. The monoisotopic (exact) mass is 251 g/mol. The van der Waals surface area contributed by atoms with Crippen LogP contribution in [0.5, 0.6) is 5.75 Å². The van der Waals surface area contributed by atoms with Crippen molar-refractivity contribution in [2.24, 2.45) is 4.99 Å². The average Bonchev–Trinajstić information content (AvgIpc) is 2.46. The van der Waals surface area contributed by atoms with Crippen LogP contribution in [0.4, 0.5) is 5.69 Å². The highest BCUT2D eigenvalue weighted by atomic mass is 16.5. The van der Waals surface area contributed by atoms with Crippen molar-refractivity contribution in [3.05, 3.63) is 65.7 Å². The summed E-state index contributed by atoms with van der Waals surface area (Å²) < 4.78 is 5.18. The van der Waals surface area contributed by atoms with Gasteiger partial charge in [0, 0.05) is 6.21 Å². The fourth-order valence-electron chi connectivity index (χ4n) is 1.85. The molecule has 0 N–H and O–H groups in total. The summed E-state index contributed by atoms with van der Waals surface area (Å²) in [6.45, 7) is 5.83. The summed E-state index contributed by atoms with van der Waals surface area (Å²) in [7, 11) is 1.66. The highest BCUT2D eigenvalue weighted by Gasteiger charge is 1.99. The topological polar surface area (TPSA) is 21.6 Å². The zero-order valence-corrected chi connectivity index (χ0v) is 11.3. The van der Waals surface area contributed by atoms with Gasteiger partial charge >= 0.3 is 0 Å². The molecule has 0 aliphatic heterocycles. The molecule has 2 aromatic rings. The summed E-state index contributed by atoms with van der Waals surface area (Å²) >= 11 is 0. The molecule has 0 saturated heterocycles. The molecule has 0 aliphatic carbocycles. The summed E-state index contributed by atoms with van der Waals surface area (Å²) in [4.78, 5) is 4.53. The van der Waals surface area contributed by atoms with Crippen LogP contribution in [-0.4, -0.2) is 13.3 Å². The van der Waals surface area contributed by atoms with Crippen molar-refractivity contribution < 1.29 is 4.74 Å². The first-order valence-corrected chi connectivity index (χ1v) is 6.15. The van der Waals surface area contributed by atoms with Gasteiger partial charge in [0.25, 0.3) is 0 Å². The number of rotatable bonds is 4. The van der Waals surface area contributed by atoms with E-state index in [1.165, 1.54) is 0 Å². The minimum Gasteiger partial charge on any atom is -0.497 e. The lowest BCUT2D eigenvalue weighted by atomic mass is 10.1. The Morgan fingerprint density at radius 3 is 2.47 bits per heavy atom. The molecule has 0 heterocycles. The highest BCUT2D eigenvalue weighted by Crippen LogP contribution is 2.23. The Hall–Kier alpha value is -2.35. The highest BCUT2D eigenvalue weighted by molar-refractivity contribution is 5.87. The molecular weight excluding hydrogens is 234 g/mol. The second-order valence-electron chi connectivity index (χ2n) is 4.24. The van der Waals surface area contributed by atoms with Crippen LogP contribution in [0.25, 0.3) is 6.08 Å². The molecule has 2 heteroatoms. The predicted octanol–water partition coefficient (Wildman–Crippen LogP) is 4.40. The number of aliphatic imine (C=N–C) groups is 1. The quantitative estimate of drug-likeness (QED) is 0.738. The van der Waals surface area contributed by atoms with Crippen LogP contribution >= 0.6 is 0 Å². The van der Waals surface area contributed by atoms with E-state index in [-0.39, 0.29) is 0 Å². The fourth-order valence-corrected chi connectivity index (χ4v) is 1.85. The Kier molecular flexibility index (Phi) is 4.14. The van der Waals surface area contributed by atoms with Gasteiger partial charge in [-0.15, -0.1) is 0 Å². The van der Waals surface area contributed by atoms with Crippen LogP contribution in [0.2, 0.25) is 0 Å². The minimum absolute atomic E-state index is 0.850. The van der Waals surface area contributed by atoms with Gasteiger partial charge < -0.3 is 4.74 Å². The maximum absolute atomic E-state index is 5.18. The third-order valence-corrected chi connectivity index (χ3v) is 2.96. The number of hydrogen-bond acceptors (Lipinski definition) is 2. The zero-order chi connectivity index (χ0) is 13.7. The van der Waals surface area contributed by atoms with Crippen LogP contribution in [0, 0.1) is 6.92 Å². The van der Waals surface area contributed by atoms with E-state index < -0.39 is 0 Å². The summed E-state index contributed by atoms with van der Waals surface area (Å²) in [6, 6.07) is 13.9. The summed E-state index contributed by atoms with van der Waals surface area (Å²) in [5, 5.41) is 0. The smallest absolute Gasteiger partial charge is 0.119 e. The van der Waals surface area contributed by atoms with E-state index in [2.05, 4.69) is 11.6 Å². The number of benzene rings is 2. The molecule has 0 radical (unpaired) electrons. The Morgan fingerprint density at radius 2 is 1.84 bits per heavy atom. The zero-order valence-electron chi connectivity index (χ0n) is 11.3. The Labute approximate surface area is 114 Å². The molecule has 0 unspecified atom stereocenters. The molecule has 0 aliphatic rings. The molecule has 0 aromatic heterocycles. The van der Waals surface area contributed by atoms with Gasteiger partial charge in [-0.25, -0.2) is 0 Å². The van der Waals surface area contributed by atoms with Gasteiger partial charge in [-0.2, -0.15) is 0 Å². The summed E-state index contributed by atoms with van der Waals surface area (Å²) in [5.41, 5.74) is 4.18. The lowest BCUT2D eigenvalue weighted by molar-refractivity contribution is 0.414. The van der Waals surface area contributed by atoms with Gasteiger partial charge in [0.2, 0.25) is 0 Å². The molecule has 0 bridgehead atoms. The molecule has 2 rings (SSSR count). The average molecular weight is 251 g/mol. The van der Waals surface area contributed by atoms with Crippen molar-refractivity contribution in [3.8, 4) is 5.75 Å². The van der Waals surface area contributed by atoms with Crippen molar-refractivity contribution in [3.63, 3.8) is 0 Å². The first-order chi connectivity index (χ1) is 9.24. The first kappa shape index (κ1) is 13.1. The van der Waals surface area contributed by atoms with E-state index in [1.54, 1.807) is 7.11 Å². The third-order valence-electron chi connectivity index (χ3n) is 2.96. The molecule has 0 fully saturated rings. The predicted molar refractivity (Wildman–Crippen MR) is 81.5 cm³/mol. The van der Waals surface area contributed by atoms with Crippen LogP contribution in [0.15, 0.2) is 54.0 Å². The molecule has 96 valence electrons. The van der Waals surface area contributed by atoms with Gasteiger partial charge in [-0.1, -0.05) is 36.9 Å². The van der Waals surface area contributed by atoms with Crippen molar-refractivity contribution in [1.29, 1.82) is 0 Å². The molecule has 0 amide bonds. The lowest BCUT2D eigenvalue weighted by Gasteiger charge is -2.04. The second-order valence-corrected chi connectivity index (χ2v) is 4.24. The second kappa shape index (κ2) is 6.01. The van der Waals surface area contributed by atoms with Gasteiger partial charge in [0.1, 0.15) is 5.75 Å². The van der Waals surface area contributed by atoms with Crippen LogP contribution in [0.1, 0.15) is 16.7 Å². The van der Waals surface area contributed by atoms with Gasteiger partial charge in [0.05, 0.1) is 12.8 Å². The van der Waals surface area contributed by atoms with Crippen LogP contribution in [0.3, 0.4) is 0 Å². The van der Waals surface area contributed by atoms with Gasteiger partial charge in [-0.3, -0.25) is 4.99 Å². The Balaban J connectivity index is 2.30. The number of nitrogens with zero attached hydrogens (tertiary/aromatic N) is 1. The van der Waals surface area contributed by atoms with Crippen molar-refractivity contribution in [1.82, 2.24) is 0 Å². The minimum atomic E-state index is 0.850. The standard InChI is InChI=1S/C17H17NO/c1-4-14-7-5-6-8-15(14)12-18-17-10-9-16(19-3)11-13(17)2/h4-12H,1H2,2-3H3. The normalized spacial score (nSPS) is 10.6. The molecule has 2 nitrogen and oxygen atoms in total. The lowest BCUT2D eigenvalue weighted by Crippen LogP contribution is -1.87. The number of hydrogen-bond donors (Lipinski definition) is 0. The maximum Gasteiger partial charge on any atom is 0.119 e. The Morgan fingerprint density at radius 1 is 1.11 bits per heavy atom. The number of ether oxygens (including phenoxy) is 1. The third kappa shape index (κ3) is 3.10. The Bertz CT molecular complexity index is 614. The molecule has 0 atom stereocenters. The summed E-state index contributed by atoms with van der Waals surface area (Å²) in [6.07, 6.45) is 3.70. The number of aryl methyl sites for hydroxylation is 1. The molecule has 0 saturated carbocycles. The van der Waals surface area contributed by atoms with Gasteiger partial charge in [0.15, 0.2) is 0 Å². The fraction of sp³-hybridized carbons (Fsp3) is 0.118. The van der Waals surface area contributed by atoms with Crippen LogP contribution in [-0.2, 0) is 0 Å². The van der Waals surface area contributed by atoms with E-state index in [4.69, 9.17) is 4.74 Å². The molecular formula is C17H17NO. The van der Waals surface area contributed by atoms with Crippen molar-refractivity contribution >= 4 is 18.0 Å². The first-order valence-electron chi connectivity index (χ1n) is 6.15. The van der Waals surface area contributed by atoms with Crippen molar-refractivity contribution in [2.75, 3.05) is 7.11 Å². The molecule has 0 spiro atoms. The van der Waals surface area contributed by atoms with E-state index in [0.717, 1.165) is 28.1 Å². The molecule has 2 aromatic carbocycles. The maximum atomic E-state index is 5.18. The summed E-state index contributed by atoms with van der Waals surface area (Å²) in [5.74, 6) is 0.850. The van der Waals surface area contributed by atoms with E-state index in [0.29, 0.717) is 0 Å². The van der Waals surface area contributed by atoms with E-state index in [9.17, 15) is 0 Å². The van der Waals surface area contributed by atoms with Crippen molar-refractivity contribution in [2.45, 2.75) is 6.92 Å². The number of methoxy groups -OCH3 is 1. The van der Waals surface area contributed by atoms with E-state index >= 15 is 0 Å². The molecule has 19 heavy (non-hydrogen) atoms. The van der Waals surface area contributed by atoms with E-state index in [1.807, 2.05) is 61.7 Å². The SMILES string of the molecule is C=Cc1ccccc1C=Nc1ccc(OC)cc1C. The van der Waals surface area contributed by atoms with Gasteiger partial charge in [-0.05, 0) is 41.8 Å². The van der Waals surface area contributed by atoms with Crippen LogP contribution < -0.4 is 4.74 Å².